The van der Waals surface area contributed by atoms with E-state index < -0.39 is 11.7 Å². The Hall–Kier alpha value is -4.08. The summed E-state index contributed by atoms with van der Waals surface area (Å²) in [4.78, 5) is 29.9. The number of rotatable bonds is 8. The molecule has 8 rings (SSSR count). The third-order valence-electron chi connectivity index (χ3n) is 11.3. The van der Waals surface area contributed by atoms with E-state index >= 15 is 0 Å². The SMILES string of the molecule is C1CN(CC2CC2)CCN1.CC1CCC(C)CC1.CCC[C@@H]1c2c(C#N)ncn2-c2cnc(Nc3ccc(C(N)=O)c(F)c3)nc2N1C1CCCC1.[HH].[HH]. The molecule has 2 aromatic heterocycles. The number of hydrogen-bond acceptors (Lipinski definition) is 9. The third-order valence-corrected chi connectivity index (χ3v) is 11.3. The number of amides is 1. The van der Waals surface area contributed by atoms with Crippen molar-refractivity contribution in [1.29, 1.82) is 5.26 Å². The summed E-state index contributed by atoms with van der Waals surface area (Å²) in [5.41, 5.74) is 7.52. The predicted molar refractivity (Wildman–Crippen MR) is 208 cm³/mol. The van der Waals surface area contributed by atoms with Gasteiger partial charge >= 0.3 is 0 Å². The second-order valence-electron chi connectivity index (χ2n) is 15.6. The second kappa shape index (κ2) is 17.6. The molecule has 1 aromatic carbocycles. The van der Waals surface area contributed by atoms with Crippen molar-refractivity contribution in [2.75, 3.05) is 42.9 Å². The zero-order valence-corrected chi connectivity index (χ0v) is 31.3. The summed E-state index contributed by atoms with van der Waals surface area (Å²) in [6, 6.07) is 6.63. The fraction of sp³-hybridized carbons (Fsp3) is 0.625. The summed E-state index contributed by atoms with van der Waals surface area (Å²) in [6.07, 6.45) is 18.5. The highest BCUT2D eigenvalue weighted by atomic mass is 19.1. The van der Waals surface area contributed by atoms with Crippen LogP contribution in [0.5, 0.6) is 0 Å². The van der Waals surface area contributed by atoms with Crippen LogP contribution in [0.2, 0.25) is 0 Å². The molecule has 3 aromatic rings. The Morgan fingerprint density at radius 1 is 1.06 bits per heavy atom. The lowest BCUT2D eigenvalue weighted by Crippen LogP contribution is -2.44. The topological polar surface area (TPSA) is 141 Å². The van der Waals surface area contributed by atoms with Crippen molar-refractivity contribution in [3.63, 3.8) is 0 Å². The number of nitrogens with zero attached hydrogens (tertiary/aromatic N) is 7. The molecule has 1 saturated heterocycles. The van der Waals surface area contributed by atoms with Crippen LogP contribution in [0.4, 0.5) is 21.8 Å². The molecule has 0 spiro atoms. The molecular formula is C40H61FN10O. The molecule has 1 amide bonds. The van der Waals surface area contributed by atoms with Crippen LogP contribution in [0, 0.1) is 34.9 Å². The Morgan fingerprint density at radius 3 is 2.35 bits per heavy atom. The number of carbonyl (C=O) groups excluding carboxylic acids is 1. The summed E-state index contributed by atoms with van der Waals surface area (Å²) >= 11 is 0. The number of piperazine rings is 1. The van der Waals surface area contributed by atoms with Gasteiger partial charge in [-0.3, -0.25) is 9.36 Å². The Labute approximate surface area is 311 Å². The number of imidazole rings is 1. The minimum Gasteiger partial charge on any atom is -0.366 e. The molecule has 12 heteroatoms. The number of nitriles is 1. The summed E-state index contributed by atoms with van der Waals surface area (Å²) in [7, 11) is 0. The third kappa shape index (κ3) is 9.28. The fourth-order valence-corrected chi connectivity index (χ4v) is 8.09. The Kier molecular flexibility index (Phi) is 12.8. The van der Waals surface area contributed by atoms with Gasteiger partial charge in [0.2, 0.25) is 5.95 Å². The molecule has 284 valence electrons. The van der Waals surface area contributed by atoms with Gasteiger partial charge in [-0.15, -0.1) is 0 Å². The number of fused-ring (bicyclic) bond motifs is 3. The average molecular weight is 717 g/mol. The van der Waals surface area contributed by atoms with Gasteiger partial charge in [-0.2, -0.15) is 10.2 Å². The van der Waals surface area contributed by atoms with Crippen molar-refractivity contribution in [3.8, 4) is 11.8 Å². The maximum atomic E-state index is 14.3. The van der Waals surface area contributed by atoms with E-state index in [0.717, 1.165) is 73.5 Å². The van der Waals surface area contributed by atoms with E-state index in [-0.39, 0.29) is 14.5 Å². The van der Waals surface area contributed by atoms with Crippen molar-refractivity contribution >= 4 is 23.4 Å². The number of hydrogen-bond donors (Lipinski definition) is 3. The van der Waals surface area contributed by atoms with Crippen molar-refractivity contribution in [2.45, 2.75) is 110 Å². The average Bonchev–Trinajstić information content (AvgIpc) is 3.59. The summed E-state index contributed by atoms with van der Waals surface area (Å²) in [5.74, 6) is 2.66. The van der Waals surface area contributed by atoms with E-state index in [2.05, 4.69) is 57.2 Å². The quantitative estimate of drug-likeness (QED) is 0.213. The first-order chi connectivity index (χ1) is 25.2. The summed E-state index contributed by atoms with van der Waals surface area (Å²) < 4.78 is 16.2. The van der Waals surface area contributed by atoms with Gasteiger partial charge in [-0.1, -0.05) is 65.7 Å². The first kappa shape index (κ1) is 37.7. The molecule has 52 heavy (non-hydrogen) atoms. The van der Waals surface area contributed by atoms with Crippen LogP contribution < -0.4 is 21.3 Å². The van der Waals surface area contributed by atoms with Crippen molar-refractivity contribution < 1.29 is 12.0 Å². The molecule has 11 nitrogen and oxygen atoms in total. The monoisotopic (exact) mass is 717 g/mol. The molecule has 1 atom stereocenters. The number of halogens is 1. The standard InChI is InChI=1S/C24H25FN8O.C8H16N2.C8H16.2H2/c1-2-5-19-21-18(11-26)29-13-32(21)20-12-28-24(31-23(20)33(19)15-6-3-4-7-15)30-14-8-9-16(22(27)34)17(25)10-14;1-2-8(1)7-10-5-3-9-4-6-10;1-7-3-5-8(2)6-4-7;;/h8-10,12-13,15,19H,2-7H2,1H3,(H2,27,34)(H,28,30,31);8-9H,1-7H2;7-8H,3-6H2,1-2H3;2*1H/t19-;;;;/m1..../s1. The molecule has 4 fully saturated rings. The zero-order valence-electron chi connectivity index (χ0n) is 31.3. The highest BCUT2D eigenvalue weighted by Gasteiger charge is 2.39. The Morgan fingerprint density at radius 2 is 1.75 bits per heavy atom. The number of nitrogens with two attached hydrogens (primary N) is 1. The highest BCUT2D eigenvalue weighted by molar-refractivity contribution is 5.93. The normalized spacial score (nSPS) is 22.9. The number of aromatic nitrogens is 4. The molecule has 4 N–H and O–H groups in total. The van der Waals surface area contributed by atoms with Gasteiger partial charge < -0.3 is 26.2 Å². The minimum atomic E-state index is -0.823. The number of anilines is 3. The van der Waals surface area contributed by atoms with E-state index in [1.807, 2.05) is 4.57 Å². The van der Waals surface area contributed by atoms with Crippen molar-refractivity contribution in [3.05, 3.63) is 53.5 Å². The Balaban J connectivity index is 0.000000265. The fourth-order valence-electron chi connectivity index (χ4n) is 8.09. The maximum Gasteiger partial charge on any atom is 0.251 e. The highest BCUT2D eigenvalue weighted by Crippen LogP contribution is 2.45. The lowest BCUT2D eigenvalue weighted by atomic mass is 9.84. The predicted octanol–water partition coefficient (Wildman–Crippen LogP) is 7.75. The number of carbonyl (C=O) groups is 1. The summed E-state index contributed by atoms with van der Waals surface area (Å²) in [6.45, 7) is 13.2. The largest absolute Gasteiger partial charge is 0.366 e. The molecule has 2 aliphatic heterocycles. The van der Waals surface area contributed by atoms with Crippen LogP contribution in [-0.4, -0.2) is 69.1 Å². The molecule has 0 radical (unpaired) electrons. The number of primary amides is 1. The molecule has 5 aliphatic rings. The summed E-state index contributed by atoms with van der Waals surface area (Å²) in [5, 5.41) is 16.1. The van der Waals surface area contributed by atoms with Gasteiger partial charge in [0.15, 0.2) is 11.5 Å². The lowest BCUT2D eigenvalue weighted by molar-refractivity contribution is 0.0996. The van der Waals surface area contributed by atoms with Crippen LogP contribution in [0.25, 0.3) is 5.69 Å². The molecule has 0 unspecified atom stereocenters. The van der Waals surface area contributed by atoms with Crippen LogP contribution in [0.15, 0.2) is 30.7 Å². The van der Waals surface area contributed by atoms with Crippen molar-refractivity contribution in [1.82, 2.24) is 29.7 Å². The first-order valence-corrected chi connectivity index (χ1v) is 19.7. The Bertz CT molecular complexity index is 1680. The lowest BCUT2D eigenvalue weighted by Gasteiger charge is -2.42. The van der Waals surface area contributed by atoms with Crippen molar-refractivity contribution in [2.24, 2.45) is 23.5 Å². The van der Waals surface area contributed by atoms with Gasteiger partial charge in [0.25, 0.3) is 5.91 Å². The first-order valence-electron chi connectivity index (χ1n) is 19.7. The van der Waals surface area contributed by atoms with Crippen LogP contribution >= 0.6 is 0 Å². The van der Waals surface area contributed by atoms with Crippen LogP contribution in [0.3, 0.4) is 0 Å². The van der Waals surface area contributed by atoms with Gasteiger partial charge in [-0.05, 0) is 68.1 Å². The van der Waals surface area contributed by atoms with E-state index in [9.17, 15) is 14.4 Å². The number of nitrogens with one attached hydrogen (secondary N) is 2. The second-order valence-corrected chi connectivity index (χ2v) is 15.6. The van der Waals surface area contributed by atoms with Gasteiger partial charge in [0.1, 0.15) is 23.9 Å². The van der Waals surface area contributed by atoms with Gasteiger partial charge in [0, 0.05) is 47.3 Å². The van der Waals surface area contributed by atoms with Gasteiger partial charge in [0.05, 0.1) is 23.5 Å². The van der Waals surface area contributed by atoms with E-state index in [0.29, 0.717) is 23.4 Å². The maximum absolute atomic E-state index is 14.3. The smallest absolute Gasteiger partial charge is 0.251 e. The molecule has 3 saturated carbocycles. The minimum absolute atomic E-state index is 0. The van der Waals surface area contributed by atoms with E-state index in [1.54, 1.807) is 18.6 Å². The number of benzene rings is 1. The molecule has 0 bridgehead atoms. The van der Waals surface area contributed by atoms with E-state index in [4.69, 9.17) is 10.7 Å². The molecule has 4 heterocycles. The van der Waals surface area contributed by atoms with Crippen LogP contribution in [-0.2, 0) is 0 Å². The van der Waals surface area contributed by atoms with Gasteiger partial charge in [-0.25, -0.2) is 14.4 Å². The molecule has 3 aliphatic carbocycles. The van der Waals surface area contributed by atoms with Crippen LogP contribution in [0.1, 0.15) is 128 Å². The van der Waals surface area contributed by atoms with E-state index in [1.165, 1.54) is 83.4 Å². The zero-order chi connectivity index (χ0) is 36.6. The molecular weight excluding hydrogens is 656 g/mol.